The smallest absolute Gasteiger partial charge is 0.398 e. The molecule has 3 N–H and O–H groups in total. The molecular weight excluding hydrogens is 602 g/mol. The van der Waals surface area contributed by atoms with Crippen LogP contribution >= 0.6 is 11.6 Å². The number of carboxylic acid groups (broad SMARTS) is 1. The monoisotopic (exact) mass is 631 g/mol. The summed E-state index contributed by atoms with van der Waals surface area (Å²) in [7, 11) is 0. The van der Waals surface area contributed by atoms with Crippen LogP contribution in [-0.2, 0) is 10.2 Å². The lowest BCUT2D eigenvalue weighted by atomic mass is 9.75. The predicted octanol–water partition coefficient (Wildman–Crippen LogP) is 6.47. The molecule has 3 fully saturated rings. The van der Waals surface area contributed by atoms with Gasteiger partial charge in [-0.2, -0.15) is 13.2 Å². The third-order valence-electron chi connectivity index (χ3n) is 9.40. The topological polar surface area (TPSA) is 103 Å². The first kappa shape index (κ1) is 30.3. The molecule has 4 aliphatic rings. The molecule has 0 radical (unpaired) electrons. The summed E-state index contributed by atoms with van der Waals surface area (Å²) in [6, 6.07) is 7.23. The van der Waals surface area contributed by atoms with Gasteiger partial charge in [0.25, 0.3) is 5.91 Å². The molecule has 2 aromatic carbocycles. The highest BCUT2D eigenvalue weighted by Gasteiger charge is 2.65. The lowest BCUT2D eigenvalue weighted by Crippen LogP contribution is -2.65. The van der Waals surface area contributed by atoms with Crippen LogP contribution in [0.3, 0.4) is 0 Å². The van der Waals surface area contributed by atoms with Gasteiger partial charge in [0.2, 0.25) is 0 Å². The summed E-state index contributed by atoms with van der Waals surface area (Å²) in [6.45, 7) is 7.26. The number of carboxylic acids is 1. The van der Waals surface area contributed by atoms with Crippen molar-refractivity contribution in [3.8, 4) is 0 Å². The Kier molecular flexibility index (Phi) is 7.40. The SMILES string of the molecule is C=C(C1CCC(C(=N)c2ccc(C(=O)O)cc2F)=C(NC(=O)c2c(Cl)cccc2C2(C(F)(F)F)CC2)C1)N1CC2(COC2)C1. The Morgan fingerprint density at radius 3 is 2.43 bits per heavy atom. The predicted molar refractivity (Wildman–Crippen MR) is 154 cm³/mol. The highest BCUT2D eigenvalue weighted by molar-refractivity contribution is 6.34. The Morgan fingerprint density at radius 2 is 1.86 bits per heavy atom. The number of likely N-dealkylation sites (tertiary alicyclic amines) is 1. The van der Waals surface area contributed by atoms with Crippen molar-refractivity contribution in [2.24, 2.45) is 11.3 Å². The number of carbonyl (C=O) groups is 2. The van der Waals surface area contributed by atoms with E-state index in [4.69, 9.17) is 21.7 Å². The Bertz CT molecular complexity index is 1620. The van der Waals surface area contributed by atoms with Gasteiger partial charge in [0, 0.05) is 36.0 Å². The third kappa shape index (κ3) is 5.09. The van der Waals surface area contributed by atoms with E-state index in [1.54, 1.807) is 0 Å². The minimum atomic E-state index is -4.58. The number of hydrogen-bond donors (Lipinski definition) is 3. The number of nitrogens with one attached hydrogen (secondary N) is 2. The number of benzene rings is 2. The zero-order valence-corrected chi connectivity index (χ0v) is 24.4. The van der Waals surface area contributed by atoms with Gasteiger partial charge in [-0.1, -0.05) is 30.3 Å². The van der Waals surface area contributed by atoms with Crippen LogP contribution in [0.2, 0.25) is 5.02 Å². The molecule has 2 saturated heterocycles. The Labute approximate surface area is 256 Å². The summed E-state index contributed by atoms with van der Waals surface area (Å²) in [4.78, 5) is 27.3. The van der Waals surface area contributed by atoms with E-state index in [1.165, 1.54) is 30.3 Å². The van der Waals surface area contributed by atoms with Crippen LogP contribution in [0.25, 0.3) is 0 Å². The fourth-order valence-corrected chi connectivity index (χ4v) is 6.88. The maximum Gasteiger partial charge on any atom is 0.398 e. The van der Waals surface area contributed by atoms with Crippen molar-refractivity contribution in [3.63, 3.8) is 0 Å². The summed E-state index contributed by atoms with van der Waals surface area (Å²) in [5, 5.41) is 20.7. The fraction of sp³-hybridized carbons (Fsp3) is 0.406. The van der Waals surface area contributed by atoms with Gasteiger partial charge < -0.3 is 20.1 Å². The summed E-state index contributed by atoms with van der Waals surface area (Å²) in [5.74, 6) is -3.22. The zero-order valence-electron chi connectivity index (χ0n) is 23.6. The molecule has 1 saturated carbocycles. The van der Waals surface area contributed by atoms with Crippen LogP contribution in [0.4, 0.5) is 17.6 Å². The second kappa shape index (κ2) is 10.7. The number of nitrogens with zero attached hydrogens (tertiary/aromatic N) is 1. The second-order valence-electron chi connectivity index (χ2n) is 12.3. The van der Waals surface area contributed by atoms with E-state index >= 15 is 4.39 Å². The van der Waals surface area contributed by atoms with E-state index in [9.17, 15) is 27.9 Å². The van der Waals surface area contributed by atoms with Gasteiger partial charge in [0.15, 0.2) is 0 Å². The molecule has 1 amide bonds. The largest absolute Gasteiger partial charge is 0.478 e. The van der Waals surface area contributed by atoms with E-state index in [0.29, 0.717) is 25.2 Å². The molecule has 232 valence electrons. The maximum atomic E-state index is 15.0. The van der Waals surface area contributed by atoms with Crippen LogP contribution in [-0.4, -0.2) is 60.1 Å². The van der Waals surface area contributed by atoms with Gasteiger partial charge in [-0.05, 0) is 67.5 Å². The summed E-state index contributed by atoms with van der Waals surface area (Å²) in [6.07, 6.45) is -3.90. The Hall–Kier alpha value is -3.70. The quantitative estimate of drug-likeness (QED) is 0.229. The molecule has 1 spiro atoms. The number of halogens is 5. The molecule has 2 aliphatic heterocycles. The molecule has 0 aromatic heterocycles. The first-order valence-corrected chi connectivity index (χ1v) is 14.7. The van der Waals surface area contributed by atoms with Crippen molar-refractivity contribution >= 4 is 29.2 Å². The van der Waals surface area contributed by atoms with Gasteiger partial charge in [0.05, 0.1) is 45.9 Å². The molecule has 44 heavy (non-hydrogen) atoms. The average molecular weight is 632 g/mol. The van der Waals surface area contributed by atoms with Gasteiger partial charge in [-0.15, -0.1) is 0 Å². The first-order chi connectivity index (χ1) is 20.8. The van der Waals surface area contributed by atoms with Crippen LogP contribution in [0.15, 0.2) is 59.9 Å². The molecule has 0 bridgehead atoms. The van der Waals surface area contributed by atoms with Gasteiger partial charge in [-0.3, -0.25) is 10.2 Å². The molecular formula is C32H30ClF4N3O4. The highest BCUT2D eigenvalue weighted by atomic mass is 35.5. The molecule has 2 aliphatic carbocycles. The van der Waals surface area contributed by atoms with E-state index in [0.717, 1.165) is 24.9 Å². The number of alkyl halides is 3. The number of carbonyl (C=O) groups excluding carboxylic acids is 1. The molecule has 2 aromatic rings. The average Bonchev–Trinajstić information content (AvgIpc) is 3.73. The zero-order chi connectivity index (χ0) is 31.6. The lowest BCUT2D eigenvalue weighted by Gasteiger charge is -2.57. The number of aromatic carboxylic acids is 1. The fourth-order valence-electron chi connectivity index (χ4n) is 6.62. The van der Waals surface area contributed by atoms with Crippen LogP contribution < -0.4 is 5.32 Å². The van der Waals surface area contributed by atoms with Crippen molar-refractivity contribution in [1.82, 2.24) is 10.2 Å². The number of allylic oxidation sites excluding steroid dienone is 3. The first-order valence-electron chi connectivity index (χ1n) is 14.3. The summed E-state index contributed by atoms with van der Waals surface area (Å²) >= 11 is 6.36. The molecule has 1 atom stereocenters. The third-order valence-corrected chi connectivity index (χ3v) is 9.72. The van der Waals surface area contributed by atoms with Crippen molar-refractivity contribution in [2.45, 2.75) is 43.7 Å². The Balaban J connectivity index is 1.34. The standard InChI is InChI=1S/C32H30ClF4N3O4/c1-17(40-13-30(14-40)15-44-16-30)18-5-8-21(27(38)20-7-6-19(29(42)43)11-24(20)34)25(12-18)39-28(41)26-22(3-2-4-23(26)33)31(9-10-31)32(35,36)37/h2-4,6-7,11,18,38H,1,5,8-10,12-16H2,(H,39,41)(H,42,43). The van der Waals surface area contributed by atoms with Crippen LogP contribution in [0.5, 0.6) is 0 Å². The number of amides is 1. The van der Waals surface area contributed by atoms with Gasteiger partial charge in [-0.25, -0.2) is 9.18 Å². The number of hydrogen-bond acceptors (Lipinski definition) is 5. The van der Waals surface area contributed by atoms with Crippen molar-refractivity contribution in [1.29, 1.82) is 5.41 Å². The van der Waals surface area contributed by atoms with Crippen LogP contribution in [0.1, 0.15) is 63.9 Å². The van der Waals surface area contributed by atoms with E-state index in [2.05, 4.69) is 16.8 Å². The van der Waals surface area contributed by atoms with E-state index in [1.807, 2.05) is 0 Å². The molecule has 6 rings (SSSR count). The molecule has 2 heterocycles. The summed E-state index contributed by atoms with van der Waals surface area (Å²) < 4.78 is 62.8. The molecule has 1 unspecified atom stereocenters. The molecule has 12 heteroatoms. The number of ether oxygens (including phenoxy) is 1. The van der Waals surface area contributed by atoms with E-state index < -0.39 is 29.3 Å². The van der Waals surface area contributed by atoms with Crippen molar-refractivity contribution in [3.05, 3.63) is 93.0 Å². The minimum absolute atomic E-state index is 0.131. The van der Waals surface area contributed by atoms with Crippen molar-refractivity contribution in [2.75, 3.05) is 26.3 Å². The second-order valence-corrected chi connectivity index (χ2v) is 12.7. The number of rotatable bonds is 8. The van der Waals surface area contributed by atoms with Crippen LogP contribution in [0, 0.1) is 22.6 Å². The van der Waals surface area contributed by atoms with Crippen molar-refractivity contribution < 1.29 is 37.0 Å². The van der Waals surface area contributed by atoms with Gasteiger partial charge in [0.1, 0.15) is 5.82 Å². The summed E-state index contributed by atoms with van der Waals surface area (Å²) in [5.41, 5.74) is -1.77. The normalized spacial score (nSPS) is 21.8. The Morgan fingerprint density at radius 1 is 1.16 bits per heavy atom. The lowest BCUT2D eigenvalue weighted by molar-refractivity contribution is -0.181. The van der Waals surface area contributed by atoms with Gasteiger partial charge >= 0.3 is 12.1 Å². The molecule has 7 nitrogen and oxygen atoms in total. The minimum Gasteiger partial charge on any atom is -0.478 e. The van der Waals surface area contributed by atoms with E-state index in [-0.39, 0.29) is 75.7 Å². The highest BCUT2D eigenvalue weighted by Crippen LogP contribution is 2.60. The maximum absolute atomic E-state index is 15.0.